The highest BCUT2D eigenvalue weighted by atomic mass is 19.4. The Kier molecular flexibility index (Phi) is 4.65. The average molecular weight is 291 g/mol. The Morgan fingerprint density at radius 3 is 2.30 bits per heavy atom. The molecule has 7 heteroatoms. The molecule has 1 atom stereocenters. The van der Waals surface area contributed by atoms with Crippen LogP contribution < -0.4 is 10.5 Å². The number of esters is 1. The molecule has 20 heavy (non-hydrogen) atoms. The molecule has 0 saturated carbocycles. The van der Waals surface area contributed by atoms with E-state index in [2.05, 4.69) is 9.47 Å². The number of alkyl halides is 3. The monoisotopic (exact) mass is 291 g/mol. The van der Waals surface area contributed by atoms with Gasteiger partial charge in [0.25, 0.3) is 0 Å². The van der Waals surface area contributed by atoms with Crippen LogP contribution in [-0.2, 0) is 9.53 Å². The Balaban J connectivity index is 3.16. The molecule has 1 aromatic carbocycles. The largest absolute Gasteiger partial charge is 0.573 e. The molecule has 0 aliphatic heterocycles. The summed E-state index contributed by atoms with van der Waals surface area (Å²) in [6, 6.07) is 4.44. The van der Waals surface area contributed by atoms with Crippen LogP contribution in [0, 0.1) is 5.41 Å². The molecule has 2 N–H and O–H groups in total. The van der Waals surface area contributed by atoms with Crippen LogP contribution in [0.1, 0.15) is 25.5 Å². The van der Waals surface area contributed by atoms with Crippen LogP contribution in [0.5, 0.6) is 5.75 Å². The highest BCUT2D eigenvalue weighted by Crippen LogP contribution is 2.38. The maximum atomic E-state index is 12.4. The number of para-hydroxylation sites is 1. The van der Waals surface area contributed by atoms with Gasteiger partial charge in [0, 0.05) is 11.6 Å². The van der Waals surface area contributed by atoms with E-state index < -0.39 is 29.5 Å². The van der Waals surface area contributed by atoms with Gasteiger partial charge in [-0.2, -0.15) is 0 Å². The molecular weight excluding hydrogens is 275 g/mol. The van der Waals surface area contributed by atoms with Crippen LogP contribution in [0.25, 0.3) is 0 Å². The Morgan fingerprint density at radius 1 is 1.25 bits per heavy atom. The fourth-order valence-corrected chi connectivity index (χ4v) is 1.73. The number of benzene rings is 1. The van der Waals surface area contributed by atoms with E-state index in [1.54, 1.807) is 0 Å². The third kappa shape index (κ3) is 3.63. The molecule has 0 radical (unpaired) electrons. The lowest BCUT2D eigenvalue weighted by Gasteiger charge is -2.30. The topological polar surface area (TPSA) is 61.5 Å². The van der Waals surface area contributed by atoms with Crippen molar-refractivity contribution in [2.75, 3.05) is 7.11 Å². The lowest BCUT2D eigenvalue weighted by Crippen LogP contribution is -2.37. The van der Waals surface area contributed by atoms with Crippen molar-refractivity contribution in [2.45, 2.75) is 26.3 Å². The van der Waals surface area contributed by atoms with Gasteiger partial charge in [-0.15, -0.1) is 13.2 Å². The van der Waals surface area contributed by atoms with E-state index in [1.165, 1.54) is 39.2 Å². The molecule has 0 unspecified atom stereocenters. The predicted molar refractivity (Wildman–Crippen MR) is 65.9 cm³/mol. The van der Waals surface area contributed by atoms with E-state index in [0.29, 0.717) is 0 Å². The molecule has 0 saturated heterocycles. The standard InChI is InChI=1S/C13H16F3NO3/c1-12(2,11(18)19-3)10(17)8-6-4-5-7-9(8)20-13(14,15)16/h4-7,10H,17H2,1-3H3/t10-/m0/s1. The van der Waals surface area contributed by atoms with Gasteiger partial charge in [0.15, 0.2) is 0 Å². The number of hydrogen-bond donors (Lipinski definition) is 1. The van der Waals surface area contributed by atoms with Crippen molar-refractivity contribution in [2.24, 2.45) is 11.1 Å². The summed E-state index contributed by atoms with van der Waals surface area (Å²) in [7, 11) is 1.19. The van der Waals surface area contributed by atoms with Crippen LogP contribution in [-0.4, -0.2) is 19.4 Å². The second kappa shape index (κ2) is 5.70. The number of methoxy groups -OCH3 is 1. The third-order valence-corrected chi connectivity index (χ3v) is 2.97. The van der Waals surface area contributed by atoms with Gasteiger partial charge < -0.3 is 15.2 Å². The SMILES string of the molecule is COC(=O)C(C)(C)[C@@H](N)c1ccccc1OC(F)(F)F. The van der Waals surface area contributed by atoms with Crippen molar-refractivity contribution in [3.05, 3.63) is 29.8 Å². The van der Waals surface area contributed by atoms with Gasteiger partial charge >= 0.3 is 12.3 Å². The van der Waals surface area contributed by atoms with Crippen molar-refractivity contribution in [1.29, 1.82) is 0 Å². The zero-order chi connectivity index (χ0) is 15.6. The molecule has 0 heterocycles. The summed E-state index contributed by atoms with van der Waals surface area (Å²) in [5.41, 5.74) is 4.81. The summed E-state index contributed by atoms with van der Waals surface area (Å²) in [4.78, 5) is 11.7. The minimum absolute atomic E-state index is 0.0835. The summed E-state index contributed by atoms with van der Waals surface area (Å²) < 4.78 is 45.6. The number of hydrogen-bond acceptors (Lipinski definition) is 4. The Hall–Kier alpha value is -1.76. The van der Waals surface area contributed by atoms with E-state index in [4.69, 9.17) is 5.73 Å². The van der Waals surface area contributed by atoms with E-state index >= 15 is 0 Å². The molecule has 0 aromatic heterocycles. The summed E-state index contributed by atoms with van der Waals surface area (Å²) in [6.07, 6.45) is -4.83. The summed E-state index contributed by atoms with van der Waals surface area (Å²) in [5, 5.41) is 0. The lowest BCUT2D eigenvalue weighted by molar-refractivity contribution is -0.275. The molecule has 0 spiro atoms. The molecule has 1 rings (SSSR count). The van der Waals surface area contributed by atoms with Gasteiger partial charge in [0.05, 0.1) is 12.5 Å². The Labute approximate surface area is 114 Å². The molecule has 4 nitrogen and oxygen atoms in total. The van der Waals surface area contributed by atoms with E-state index in [-0.39, 0.29) is 5.56 Å². The van der Waals surface area contributed by atoms with Gasteiger partial charge in [-0.25, -0.2) is 0 Å². The highest BCUT2D eigenvalue weighted by molar-refractivity contribution is 5.77. The number of rotatable bonds is 4. The van der Waals surface area contributed by atoms with Crippen LogP contribution in [0.15, 0.2) is 24.3 Å². The van der Waals surface area contributed by atoms with Crippen LogP contribution >= 0.6 is 0 Å². The Morgan fingerprint density at radius 2 is 1.80 bits per heavy atom. The quantitative estimate of drug-likeness (QED) is 0.866. The first kappa shape index (κ1) is 16.3. The molecule has 0 bridgehead atoms. The molecule has 1 aromatic rings. The minimum Gasteiger partial charge on any atom is -0.469 e. The van der Waals surface area contributed by atoms with Gasteiger partial charge in [-0.3, -0.25) is 4.79 Å². The molecule has 0 amide bonds. The zero-order valence-electron chi connectivity index (χ0n) is 11.3. The van der Waals surface area contributed by atoms with Crippen molar-refractivity contribution in [1.82, 2.24) is 0 Å². The first-order valence-corrected chi connectivity index (χ1v) is 5.78. The normalized spacial score (nSPS) is 13.8. The van der Waals surface area contributed by atoms with Crippen LogP contribution in [0.4, 0.5) is 13.2 Å². The summed E-state index contributed by atoms with van der Waals surface area (Å²) in [5.74, 6) is -1.05. The number of carbonyl (C=O) groups excluding carboxylic acids is 1. The van der Waals surface area contributed by atoms with E-state index in [9.17, 15) is 18.0 Å². The third-order valence-electron chi connectivity index (χ3n) is 2.97. The fraction of sp³-hybridized carbons (Fsp3) is 0.462. The van der Waals surface area contributed by atoms with Gasteiger partial charge in [0.2, 0.25) is 0 Å². The van der Waals surface area contributed by atoms with E-state index in [1.807, 2.05) is 0 Å². The first-order chi connectivity index (χ1) is 9.09. The first-order valence-electron chi connectivity index (χ1n) is 5.78. The van der Waals surface area contributed by atoms with E-state index in [0.717, 1.165) is 6.07 Å². The minimum atomic E-state index is -4.83. The maximum absolute atomic E-state index is 12.4. The highest BCUT2D eigenvalue weighted by Gasteiger charge is 2.39. The second-order valence-electron chi connectivity index (χ2n) is 4.78. The van der Waals surface area contributed by atoms with Crippen molar-refractivity contribution in [3.8, 4) is 5.75 Å². The van der Waals surface area contributed by atoms with Crippen molar-refractivity contribution in [3.63, 3.8) is 0 Å². The smallest absolute Gasteiger partial charge is 0.469 e. The van der Waals surface area contributed by atoms with Crippen LogP contribution in [0.3, 0.4) is 0 Å². The molecular formula is C13H16F3NO3. The zero-order valence-corrected chi connectivity index (χ0v) is 11.3. The Bertz CT molecular complexity index is 486. The number of halogens is 3. The molecule has 0 aliphatic carbocycles. The van der Waals surface area contributed by atoms with Gasteiger partial charge in [-0.05, 0) is 19.9 Å². The van der Waals surface area contributed by atoms with Crippen LogP contribution in [0.2, 0.25) is 0 Å². The second-order valence-corrected chi connectivity index (χ2v) is 4.78. The summed E-state index contributed by atoms with van der Waals surface area (Å²) >= 11 is 0. The number of ether oxygens (including phenoxy) is 2. The summed E-state index contributed by atoms with van der Waals surface area (Å²) in [6.45, 7) is 2.99. The molecule has 112 valence electrons. The van der Waals surface area contributed by atoms with Gasteiger partial charge in [0.1, 0.15) is 5.75 Å². The number of nitrogens with two attached hydrogens (primary N) is 1. The van der Waals surface area contributed by atoms with Crippen molar-refractivity contribution < 1.29 is 27.4 Å². The molecule has 0 aliphatic rings. The average Bonchev–Trinajstić information content (AvgIpc) is 2.35. The van der Waals surface area contributed by atoms with Crippen molar-refractivity contribution >= 4 is 5.97 Å². The fourth-order valence-electron chi connectivity index (χ4n) is 1.73. The number of carbonyl (C=O) groups is 1. The molecule has 0 fully saturated rings. The predicted octanol–water partition coefficient (Wildman–Crippen LogP) is 2.78. The maximum Gasteiger partial charge on any atom is 0.573 e. The van der Waals surface area contributed by atoms with Gasteiger partial charge in [-0.1, -0.05) is 18.2 Å². The lowest BCUT2D eigenvalue weighted by atomic mass is 9.80.